The second-order valence-electron chi connectivity index (χ2n) is 8.53. The second kappa shape index (κ2) is 9.97. The van der Waals surface area contributed by atoms with Crippen molar-refractivity contribution in [3.63, 3.8) is 0 Å². The minimum atomic E-state index is -5.15. The Kier molecular flexibility index (Phi) is 7.59. The first kappa shape index (κ1) is 22.8. The van der Waals surface area contributed by atoms with E-state index >= 15 is 0 Å². The van der Waals surface area contributed by atoms with E-state index in [4.69, 9.17) is 0 Å². The van der Waals surface area contributed by atoms with Crippen LogP contribution in [0.3, 0.4) is 0 Å². The molecule has 0 aliphatic heterocycles. The van der Waals surface area contributed by atoms with Crippen LogP contribution in [0.25, 0.3) is 10.8 Å². The highest BCUT2D eigenvalue weighted by molar-refractivity contribution is 5.85. The van der Waals surface area contributed by atoms with Crippen LogP contribution in [0.15, 0.2) is 24.3 Å². The molecule has 0 saturated heterocycles. The van der Waals surface area contributed by atoms with Crippen molar-refractivity contribution in [2.24, 2.45) is 11.8 Å². The summed E-state index contributed by atoms with van der Waals surface area (Å²) in [7, 11) is 0. The molecular weight excluding hydrogens is 399 g/mol. The van der Waals surface area contributed by atoms with Gasteiger partial charge in [0.05, 0.1) is 0 Å². The maximum Gasteiger partial charge on any atom is 0.573 e. The van der Waals surface area contributed by atoms with E-state index in [-0.39, 0.29) is 10.8 Å². The lowest BCUT2D eigenvalue weighted by Crippen LogP contribution is -2.19. The highest BCUT2D eigenvalue weighted by atomic mass is 19.4. The summed E-state index contributed by atoms with van der Waals surface area (Å²) in [5.41, 5.74) is 0.941. The van der Waals surface area contributed by atoms with E-state index in [0.29, 0.717) is 5.92 Å². The summed E-state index contributed by atoms with van der Waals surface area (Å²) >= 11 is 0. The van der Waals surface area contributed by atoms with E-state index in [1.807, 2.05) is 0 Å². The summed E-state index contributed by atoms with van der Waals surface area (Å²) in [5, 5.41) is 0.170. The van der Waals surface area contributed by atoms with Gasteiger partial charge < -0.3 is 4.74 Å². The lowest BCUT2D eigenvalue weighted by atomic mass is 9.77. The predicted octanol–water partition coefficient (Wildman–Crippen LogP) is 8.34. The number of ether oxygens (including phenoxy) is 1. The third-order valence-electron chi connectivity index (χ3n) is 6.29. The lowest BCUT2D eigenvalue weighted by molar-refractivity contribution is -0.276. The molecule has 1 fully saturated rings. The van der Waals surface area contributed by atoms with Gasteiger partial charge in [0.1, 0.15) is 0 Å². The lowest BCUT2D eigenvalue weighted by Gasteiger charge is -2.28. The van der Waals surface area contributed by atoms with E-state index in [2.05, 4.69) is 11.7 Å². The van der Waals surface area contributed by atoms with Crippen molar-refractivity contribution >= 4 is 10.8 Å². The first-order valence-electron chi connectivity index (χ1n) is 10.9. The second-order valence-corrected chi connectivity index (χ2v) is 8.53. The zero-order valence-corrected chi connectivity index (χ0v) is 17.3. The molecule has 0 bridgehead atoms. The monoisotopic (exact) mass is 428 g/mol. The fourth-order valence-electron chi connectivity index (χ4n) is 4.59. The molecule has 0 amide bonds. The fraction of sp³-hybridized carbons (Fsp3) is 0.583. The van der Waals surface area contributed by atoms with Crippen molar-refractivity contribution in [1.82, 2.24) is 0 Å². The Morgan fingerprint density at radius 1 is 0.933 bits per heavy atom. The number of hydrogen-bond donors (Lipinski definition) is 0. The van der Waals surface area contributed by atoms with E-state index < -0.39 is 23.7 Å². The number of hydrogen-bond acceptors (Lipinski definition) is 1. The highest BCUT2D eigenvalue weighted by Crippen LogP contribution is 2.36. The minimum absolute atomic E-state index is 0.0769. The number of unbranched alkanes of at least 4 members (excludes halogenated alkanes) is 2. The van der Waals surface area contributed by atoms with Crippen LogP contribution in [0.5, 0.6) is 5.75 Å². The Labute approximate surface area is 174 Å². The molecule has 166 valence electrons. The summed E-state index contributed by atoms with van der Waals surface area (Å²) in [6.45, 7) is 2.22. The zero-order chi connectivity index (χ0) is 21.7. The molecule has 0 atom stereocenters. The quantitative estimate of drug-likeness (QED) is 0.303. The van der Waals surface area contributed by atoms with Crippen molar-refractivity contribution in [2.75, 3.05) is 0 Å². The molecule has 3 rings (SSSR count). The van der Waals surface area contributed by atoms with Crippen molar-refractivity contribution in [3.05, 3.63) is 41.5 Å². The molecule has 1 nitrogen and oxygen atoms in total. The van der Waals surface area contributed by atoms with Gasteiger partial charge in [-0.1, -0.05) is 76.5 Å². The smallest absolute Gasteiger partial charge is 0.399 e. The Balaban J connectivity index is 1.59. The van der Waals surface area contributed by atoms with Crippen LogP contribution in [0.2, 0.25) is 0 Å². The van der Waals surface area contributed by atoms with Gasteiger partial charge in [-0.05, 0) is 41.7 Å². The molecule has 2 aromatic rings. The van der Waals surface area contributed by atoms with Crippen molar-refractivity contribution in [2.45, 2.75) is 77.5 Å². The summed E-state index contributed by atoms with van der Waals surface area (Å²) in [6.07, 6.45) is 6.92. The molecular formula is C24H29F5O. The van der Waals surface area contributed by atoms with Crippen LogP contribution >= 0.6 is 0 Å². The van der Waals surface area contributed by atoms with Crippen LogP contribution in [0.4, 0.5) is 22.0 Å². The van der Waals surface area contributed by atoms with Gasteiger partial charge in [0.2, 0.25) is 5.75 Å². The molecule has 0 unspecified atom stereocenters. The molecule has 1 saturated carbocycles. The molecule has 0 spiro atoms. The number of benzene rings is 2. The molecule has 0 aromatic heterocycles. The summed E-state index contributed by atoms with van der Waals surface area (Å²) < 4.78 is 69.0. The summed E-state index contributed by atoms with van der Waals surface area (Å²) in [4.78, 5) is 0. The van der Waals surface area contributed by atoms with Gasteiger partial charge in [-0.2, -0.15) is 0 Å². The van der Waals surface area contributed by atoms with Crippen LogP contribution < -0.4 is 4.74 Å². The van der Waals surface area contributed by atoms with Crippen LogP contribution in [-0.4, -0.2) is 6.36 Å². The average Bonchev–Trinajstić information content (AvgIpc) is 2.70. The Morgan fingerprint density at radius 3 is 2.23 bits per heavy atom. The van der Waals surface area contributed by atoms with Crippen LogP contribution in [-0.2, 0) is 6.42 Å². The third kappa shape index (κ3) is 6.08. The maximum atomic E-state index is 14.4. The van der Waals surface area contributed by atoms with Crippen molar-refractivity contribution in [3.8, 4) is 5.75 Å². The van der Waals surface area contributed by atoms with Gasteiger partial charge in [0, 0.05) is 5.39 Å². The number of alkyl halides is 3. The zero-order valence-electron chi connectivity index (χ0n) is 17.3. The fourth-order valence-corrected chi connectivity index (χ4v) is 4.59. The van der Waals surface area contributed by atoms with Gasteiger partial charge in [-0.15, -0.1) is 13.2 Å². The summed E-state index contributed by atoms with van der Waals surface area (Å²) in [5.74, 6) is -2.56. The Morgan fingerprint density at radius 2 is 1.60 bits per heavy atom. The Hall–Kier alpha value is -1.85. The summed E-state index contributed by atoms with van der Waals surface area (Å²) in [6, 6.07) is 5.68. The van der Waals surface area contributed by atoms with Gasteiger partial charge in [0.15, 0.2) is 11.6 Å². The molecule has 0 N–H and O–H groups in total. The first-order chi connectivity index (χ1) is 14.3. The van der Waals surface area contributed by atoms with Gasteiger partial charge in [0.25, 0.3) is 0 Å². The number of aryl methyl sites for hydroxylation is 1. The topological polar surface area (TPSA) is 9.23 Å². The number of rotatable bonds is 8. The van der Waals surface area contributed by atoms with Gasteiger partial charge in [-0.3, -0.25) is 0 Å². The van der Waals surface area contributed by atoms with Gasteiger partial charge in [-0.25, -0.2) is 8.78 Å². The van der Waals surface area contributed by atoms with E-state index in [1.165, 1.54) is 57.4 Å². The first-order valence-corrected chi connectivity index (χ1v) is 10.9. The third-order valence-corrected chi connectivity index (χ3v) is 6.29. The largest absolute Gasteiger partial charge is 0.573 e. The molecule has 30 heavy (non-hydrogen) atoms. The predicted molar refractivity (Wildman–Crippen MR) is 108 cm³/mol. The van der Waals surface area contributed by atoms with E-state index in [1.54, 1.807) is 12.1 Å². The SMILES string of the molecule is CCCCC[C@H]1CC[C@H](CCc2ccc3c(F)c(OC(F)(F)F)c(F)cc3c2)CC1. The normalized spacial score (nSPS) is 19.9. The van der Waals surface area contributed by atoms with Crippen molar-refractivity contribution in [1.29, 1.82) is 0 Å². The van der Waals surface area contributed by atoms with E-state index in [9.17, 15) is 22.0 Å². The highest BCUT2D eigenvalue weighted by Gasteiger charge is 2.34. The molecule has 1 aliphatic rings. The number of halogens is 5. The van der Waals surface area contributed by atoms with Crippen molar-refractivity contribution < 1.29 is 26.7 Å². The molecule has 1 aliphatic carbocycles. The van der Waals surface area contributed by atoms with E-state index in [0.717, 1.165) is 30.4 Å². The van der Waals surface area contributed by atoms with Crippen LogP contribution in [0.1, 0.15) is 70.3 Å². The molecule has 0 heterocycles. The maximum absolute atomic E-state index is 14.4. The standard InChI is InChI=1S/C24H29F5O/c1-2-3-4-5-16-6-8-17(9-7-16)10-11-18-12-13-20-19(14-18)15-21(25)23(22(20)26)30-24(27,28)29/h12-17H,2-11H2,1H3/t16-,17-. The number of fused-ring (bicyclic) bond motifs is 1. The average molecular weight is 428 g/mol. The molecule has 6 heteroatoms. The minimum Gasteiger partial charge on any atom is -0.399 e. The van der Waals surface area contributed by atoms with Gasteiger partial charge >= 0.3 is 6.36 Å². The molecule has 0 radical (unpaired) electrons. The van der Waals surface area contributed by atoms with Crippen LogP contribution in [0, 0.1) is 23.5 Å². The Bertz CT molecular complexity index is 838. The molecule has 2 aromatic carbocycles.